The number of aryl methyl sites for hydroxylation is 2. The Morgan fingerprint density at radius 1 is 1.10 bits per heavy atom. The van der Waals surface area contributed by atoms with Crippen molar-refractivity contribution in [2.75, 3.05) is 18.9 Å². The maximum absolute atomic E-state index is 12.3. The van der Waals surface area contributed by atoms with Gasteiger partial charge in [-0.05, 0) is 38.0 Å². The fraction of sp³-hybridized carbons (Fsp3) is 0.300. The Balaban J connectivity index is 1.33. The molecular weight excluding hydrogens is 388 g/mol. The van der Waals surface area contributed by atoms with Crippen LogP contribution in [0.4, 0.5) is 5.95 Å². The van der Waals surface area contributed by atoms with E-state index in [4.69, 9.17) is 10.5 Å². The van der Waals surface area contributed by atoms with Crippen LogP contribution >= 0.6 is 0 Å². The topological polar surface area (TPSA) is 133 Å². The lowest BCUT2D eigenvalue weighted by atomic mass is 10.1. The first-order valence-electron chi connectivity index (χ1n) is 9.46. The first-order valence-corrected chi connectivity index (χ1v) is 9.46. The van der Waals surface area contributed by atoms with Crippen LogP contribution in [-0.2, 0) is 16.0 Å². The van der Waals surface area contributed by atoms with Gasteiger partial charge in [0.1, 0.15) is 6.61 Å². The molecule has 4 rings (SSSR count). The molecule has 0 saturated heterocycles. The van der Waals surface area contributed by atoms with Crippen molar-refractivity contribution in [1.82, 2.24) is 24.5 Å². The van der Waals surface area contributed by atoms with Gasteiger partial charge in [-0.25, -0.2) is 4.98 Å². The van der Waals surface area contributed by atoms with E-state index in [1.807, 2.05) is 13.8 Å². The molecule has 1 aromatic carbocycles. The number of benzene rings is 1. The summed E-state index contributed by atoms with van der Waals surface area (Å²) in [5.74, 6) is -0.623. The van der Waals surface area contributed by atoms with Crippen LogP contribution in [0.3, 0.4) is 0 Å². The Morgan fingerprint density at radius 2 is 1.77 bits per heavy atom. The maximum Gasteiger partial charge on any atom is 0.306 e. The van der Waals surface area contributed by atoms with E-state index in [1.165, 1.54) is 0 Å². The van der Waals surface area contributed by atoms with E-state index in [-0.39, 0.29) is 37.3 Å². The van der Waals surface area contributed by atoms with Crippen LogP contribution in [0.1, 0.15) is 44.1 Å². The van der Waals surface area contributed by atoms with Crippen molar-refractivity contribution < 1.29 is 19.1 Å². The second kappa shape index (κ2) is 7.54. The van der Waals surface area contributed by atoms with E-state index in [2.05, 4.69) is 15.1 Å². The third-order valence-electron chi connectivity index (χ3n) is 5.10. The molecule has 2 aromatic heterocycles. The summed E-state index contributed by atoms with van der Waals surface area (Å²) in [6.07, 6.45) is 0.535. The third kappa shape index (κ3) is 3.36. The standard InChI is InChI=1S/C20H20N6O4/c1-11-13(12(2)26-20(22-11)23-19(21)24-26)7-8-16(27)30-10-9-25-17(28)14-5-3-4-6-15(14)18(25)29/h3-6H,7-10H2,1-2H3,(H2,21,24). The molecule has 0 spiro atoms. The largest absolute Gasteiger partial charge is 0.464 e. The van der Waals surface area contributed by atoms with Gasteiger partial charge in [0.15, 0.2) is 0 Å². The fourth-order valence-corrected chi connectivity index (χ4v) is 3.58. The zero-order chi connectivity index (χ0) is 21.4. The average molecular weight is 408 g/mol. The summed E-state index contributed by atoms with van der Waals surface area (Å²) in [6, 6.07) is 6.63. The molecule has 1 aliphatic rings. The number of nitrogen functional groups attached to an aromatic ring is 1. The highest BCUT2D eigenvalue weighted by atomic mass is 16.5. The van der Waals surface area contributed by atoms with Crippen LogP contribution in [0.25, 0.3) is 5.78 Å². The third-order valence-corrected chi connectivity index (χ3v) is 5.10. The molecule has 154 valence electrons. The monoisotopic (exact) mass is 408 g/mol. The number of aromatic nitrogens is 4. The van der Waals surface area contributed by atoms with Crippen molar-refractivity contribution in [1.29, 1.82) is 0 Å². The van der Waals surface area contributed by atoms with Crippen molar-refractivity contribution in [3.8, 4) is 0 Å². The van der Waals surface area contributed by atoms with Crippen molar-refractivity contribution in [2.24, 2.45) is 0 Å². The predicted octanol–water partition coefficient (Wildman–Crippen LogP) is 1.10. The number of nitrogens with two attached hydrogens (primary N) is 1. The summed E-state index contributed by atoms with van der Waals surface area (Å²) in [7, 11) is 0. The predicted molar refractivity (Wildman–Crippen MR) is 106 cm³/mol. The molecule has 0 aliphatic carbocycles. The number of hydrogen-bond donors (Lipinski definition) is 1. The molecule has 2 amide bonds. The minimum atomic E-state index is -0.427. The molecule has 1 aliphatic heterocycles. The quantitative estimate of drug-likeness (QED) is 0.473. The van der Waals surface area contributed by atoms with Crippen molar-refractivity contribution in [3.05, 3.63) is 52.3 Å². The lowest BCUT2D eigenvalue weighted by Gasteiger charge is -2.14. The smallest absolute Gasteiger partial charge is 0.306 e. The Morgan fingerprint density at radius 3 is 2.43 bits per heavy atom. The molecule has 3 heterocycles. The van der Waals surface area contributed by atoms with E-state index in [0.29, 0.717) is 23.3 Å². The highest BCUT2D eigenvalue weighted by Crippen LogP contribution is 2.22. The van der Waals surface area contributed by atoms with Crippen LogP contribution < -0.4 is 5.73 Å². The van der Waals surface area contributed by atoms with E-state index in [9.17, 15) is 14.4 Å². The van der Waals surface area contributed by atoms with Crippen LogP contribution in [-0.4, -0.2) is 55.4 Å². The molecule has 0 unspecified atom stereocenters. The Kier molecular flexibility index (Phi) is 4.90. The molecule has 0 fully saturated rings. The Hall–Kier alpha value is -3.82. The van der Waals surface area contributed by atoms with Gasteiger partial charge in [0, 0.05) is 17.8 Å². The number of ether oxygens (including phenoxy) is 1. The van der Waals surface area contributed by atoms with Gasteiger partial charge in [-0.1, -0.05) is 12.1 Å². The first-order chi connectivity index (χ1) is 14.4. The number of anilines is 1. The molecule has 3 aromatic rings. The van der Waals surface area contributed by atoms with Crippen molar-refractivity contribution >= 4 is 29.5 Å². The molecule has 2 N–H and O–H groups in total. The number of amides is 2. The number of carbonyl (C=O) groups is 3. The summed E-state index contributed by atoms with van der Waals surface area (Å²) in [6.45, 7) is 3.65. The molecule has 10 nitrogen and oxygen atoms in total. The first kappa shape index (κ1) is 19.5. The number of fused-ring (bicyclic) bond motifs is 2. The summed E-state index contributed by atoms with van der Waals surface area (Å²) in [5, 5.41) is 4.10. The highest BCUT2D eigenvalue weighted by Gasteiger charge is 2.34. The average Bonchev–Trinajstić information content (AvgIpc) is 3.20. The van der Waals surface area contributed by atoms with Crippen LogP contribution in [0.2, 0.25) is 0 Å². The van der Waals surface area contributed by atoms with Crippen LogP contribution in [0, 0.1) is 13.8 Å². The van der Waals surface area contributed by atoms with Crippen molar-refractivity contribution in [3.63, 3.8) is 0 Å². The number of imide groups is 1. The fourth-order valence-electron chi connectivity index (χ4n) is 3.58. The second-order valence-corrected chi connectivity index (χ2v) is 6.97. The zero-order valence-electron chi connectivity index (χ0n) is 16.6. The minimum Gasteiger partial charge on any atom is -0.464 e. The molecule has 0 bridgehead atoms. The highest BCUT2D eigenvalue weighted by molar-refractivity contribution is 6.21. The molecule has 30 heavy (non-hydrogen) atoms. The SMILES string of the molecule is Cc1nc2nc(N)nn2c(C)c1CCC(=O)OCCN1C(=O)c2ccccc2C1=O. The van der Waals surface area contributed by atoms with E-state index >= 15 is 0 Å². The van der Waals surface area contributed by atoms with Gasteiger partial charge in [-0.3, -0.25) is 19.3 Å². The number of rotatable bonds is 6. The van der Waals surface area contributed by atoms with Gasteiger partial charge >= 0.3 is 5.97 Å². The minimum absolute atomic E-state index is 0.0158. The second-order valence-electron chi connectivity index (χ2n) is 6.97. The van der Waals surface area contributed by atoms with Gasteiger partial charge in [-0.2, -0.15) is 9.50 Å². The summed E-state index contributed by atoms with van der Waals surface area (Å²) in [5.41, 5.74) is 8.78. The van der Waals surface area contributed by atoms with Gasteiger partial charge in [-0.15, -0.1) is 5.10 Å². The lowest BCUT2D eigenvalue weighted by Crippen LogP contribution is -2.33. The molecule has 0 atom stereocenters. The van der Waals surface area contributed by atoms with Crippen LogP contribution in [0.5, 0.6) is 0 Å². The Labute approximate surface area is 171 Å². The summed E-state index contributed by atoms with van der Waals surface area (Å²) in [4.78, 5) is 46.3. The lowest BCUT2D eigenvalue weighted by molar-refractivity contribution is -0.143. The maximum atomic E-state index is 12.3. The Bertz CT molecular complexity index is 1150. The van der Waals surface area contributed by atoms with Crippen molar-refractivity contribution in [2.45, 2.75) is 26.7 Å². The summed E-state index contributed by atoms with van der Waals surface area (Å²) >= 11 is 0. The zero-order valence-corrected chi connectivity index (χ0v) is 16.6. The summed E-state index contributed by atoms with van der Waals surface area (Å²) < 4.78 is 6.78. The van der Waals surface area contributed by atoms with Gasteiger partial charge in [0.2, 0.25) is 5.95 Å². The molecule has 10 heteroatoms. The number of carbonyl (C=O) groups excluding carboxylic acids is 3. The van der Waals surface area contributed by atoms with Gasteiger partial charge < -0.3 is 10.5 Å². The molecule has 0 radical (unpaired) electrons. The normalized spacial score (nSPS) is 13.2. The van der Waals surface area contributed by atoms with E-state index in [0.717, 1.165) is 21.9 Å². The number of hydrogen-bond acceptors (Lipinski definition) is 8. The molecular formula is C20H20N6O4. The van der Waals surface area contributed by atoms with E-state index < -0.39 is 5.97 Å². The number of esters is 1. The molecule has 0 saturated carbocycles. The van der Waals surface area contributed by atoms with Gasteiger partial charge in [0.25, 0.3) is 17.6 Å². The number of nitrogens with zero attached hydrogens (tertiary/aromatic N) is 5. The van der Waals surface area contributed by atoms with Crippen LogP contribution in [0.15, 0.2) is 24.3 Å². The van der Waals surface area contributed by atoms with Gasteiger partial charge in [0.05, 0.1) is 17.7 Å². The van der Waals surface area contributed by atoms with E-state index in [1.54, 1.807) is 28.8 Å².